The highest BCUT2D eigenvalue weighted by atomic mass is 32.2. The maximum atomic E-state index is 13.0. The van der Waals surface area contributed by atoms with Gasteiger partial charge in [0.05, 0.1) is 18.6 Å². The first-order valence-corrected chi connectivity index (χ1v) is 12.6. The molecular formula is C24H25N5O5S. The molecule has 0 spiro atoms. The molecular weight excluding hydrogens is 470 g/mol. The van der Waals surface area contributed by atoms with Gasteiger partial charge in [0.25, 0.3) is 5.89 Å². The second-order valence-electron chi connectivity index (χ2n) is 8.19. The van der Waals surface area contributed by atoms with Crippen LogP contribution in [0.5, 0.6) is 5.75 Å². The number of methoxy groups -OCH3 is 1. The molecule has 5 rings (SSSR count). The molecule has 0 bridgehead atoms. The van der Waals surface area contributed by atoms with E-state index in [0.29, 0.717) is 67.3 Å². The van der Waals surface area contributed by atoms with Gasteiger partial charge in [-0.2, -0.15) is 4.31 Å². The summed E-state index contributed by atoms with van der Waals surface area (Å²) in [5.41, 5.74) is 2.22. The Morgan fingerprint density at radius 2 is 1.69 bits per heavy atom. The van der Waals surface area contributed by atoms with Crippen LogP contribution >= 0.6 is 0 Å². The molecule has 0 aliphatic carbocycles. The third kappa shape index (κ3) is 4.70. The molecule has 1 aliphatic heterocycles. The van der Waals surface area contributed by atoms with Crippen molar-refractivity contribution in [1.82, 2.24) is 24.6 Å². The molecule has 0 amide bonds. The number of sulfonamides is 1. The van der Waals surface area contributed by atoms with E-state index in [-0.39, 0.29) is 4.90 Å². The summed E-state index contributed by atoms with van der Waals surface area (Å²) >= 11 is 0. The van der Waals surface area contributed by atoms with Crippen LogP contribution in [-0.4, -0.2) is 66.3 Å². The summed E-state index contributed by atoms with van der Waals surface area (Å²) < 4.78 is 43.9. The molecule has 11 heteroatoms. The van der Waals surface area contributed by atoms with E-state index in [1.165, 1.54) is 4.31 Å². The summed E-state index contributed by atoms with van der Waals surface area (Å²) in [6.07, 6.45) is 0. The van der Waals surface area contributed by atoms with Crippen LogP contribution in [0.15, 0.2) is 68.4 Å². The minimum Gasteiger partial charge on any atom is -0.497 e. The smallest absolute Gasteiger partial charge is 0.253 e. The maximum Gasteiger partial charge on any atom is 0.253 e. The normalized spacial score (nSPS) is 15.4. The molecule has 35 heavy (non-hydrogen) atoms. The average molecular weight is 496 g/mol. The van der Waals surface area contributed by atoms with Crippen LogP contribution in [0.3, 0.4) is 0 Å². The number of rotatable bonds is 7. The van der Waals surface area contributed by atoms with Crippen LogP contribution in [0.2, 0.25) is 0 Å². The highest BCUT2D eigenvalue weighted by molar-refractivity contribution is 7.89. The van der Waals surface area contributed by atoms with E-state index in [4.69, 9.17) is 13.7 Å². The molecule has 1 fully saturated rings. The lowest BCUT2D eigenvalue weighted by Gasteiger charge is -2.33. The summed E-state index contributed by atoms with van der Waals surface area (Å²) in [4.78, 5) is 2.35. The Morgan fingerprint density at radius 3 is 2.37 bits per heavy atom. The zero-order valence-corrected chi connectivity index (χ0v) is 20.2. The minimum atomic E-state index is -3.56. The largest absolute Gasteiger partial charge is 0.497 e. The zero-order chi connectivity index (χ0) is 24.4. The van der Waals surface area contributed by atoms with Crippen molar-refractivity contribution in [2.75, 3.05) is 33.3 Å². The molecule has 10 nitrogen and oxygen atoms in total. The second-order valence-corrected chi connectivity index (χ2v) is 10.1. The molecule has 3 heterocycles. The topological polar surface area (TPSA) is 115 Å². The Balaban J connectivity index is 1.25. The molecule has 2 aromatic carbocycles. The summed E-state index contributed by atoms with van der Waals surface area (Å²) in [6.45, 7) is 4.08. The van der Waals surface area contributed by atoms with Crippen LogP contribution in [-0.2, 0) is 16.6 Å². The molecule has 0 radical (unpaired) electrons. The van der Waals surface area contributed by atoms with Gasteiger partial charge in [-0.1, -0.05) is 35.5 Å². The van der Waals surface area contributed by atoms with Crippen molar-refractivity contribution in [1.29, 1.82) is 0 Å². The Morgan fingerprint density at radius 1 is 0.971 bits per heavy atom. The van der Waals surface area contributed by atoms with Gasteiger partial charge in [0.1, 0.15) is 22.8 Å². The van der Waals surface area contributed by atoms with Crippen LogP contribution in [0.4, 0.5) is 0 Å². The average Bonchev–Trinajstić information content (AvgIpc) is 3.51. The number of nitrogens with zero attached hydrogens (tertiary/aromatic N) is 5. The number of benzene rings is 2. The van der Waals surface area contributed by atoms with E-state index < -0.39 is 10.0 Å². The SMILES string of the molecule is COc1ccc(S(=O)(=O)N2CCN(Cc3nnc(-c4c(-c5ccccc5)noc4C)o3)CC2)cc1. The third-order valence-electron chi connectivity index (χ3n) is 5.98. The monoisotopic (exact) mass is 495 g/mol. The summed E-state index contributed by atoms with van der Waals surface area (Å²) in [5.74, 6) is 2.01. The predicted octanol–water partition coefficient (Wildman–Crippen LogP) is 3.22. The van der Waals surface area contributed by atoms with Crippen molar-refractivity contribution in [3.63, 3.8) is 0 Å². The van der Waals surface area contributed by atoms with Crippen molar-refractivity contribution in [2.24, 2.45) is 0 Å². The van der Waals surface area contributed by atoms with E-state index in [0.717, 1.165) is 5.56 Å². The third-order valence-corrected chi connectivity index (χ3v) is 7.89. The van der Waals surface area contributed by atoms with Gasteiger partial charge in [0.2, 0.25) is 15.9 Å². The Kier molecular flexibility index (Phi) is 6.37. The van der Waals surface area contributed by atoms with Crippen LogP contribution in [0, 0.1) is 6.92 Å². The van der Waals surface area contributed by atoms with E-state index in [9.17, 15) is 8.42 Å². The quantitative estimate of drug-likeness (QED) is 0.381. The maximum absolute atomic E-state index is 13.0. The van der Waals surface area contributed by atoms with E-state index in [1.54, 1.807) is 38.3 Å². The fourth-order valence-electron chi connectivity index (χ4n) is 4.05. The van der Waals surface area contributed by atoms with Gasteiger partial charge >= 0.3 is 0 Å². The first-order valence-electron chi connectivity index (χ1n) is 11.2. The van der Waals surface area contributed by atoms with Crippen LogP contribution in [0.25, 0.3) is 22.7 Å². The van der Waals surface area contributed by atoms with Gasteiger partial charge in [-0.05, 0) is 31.2 Å². The number of aromatic nitrogens is 3. The zero-order valence-electron chi connectivity index (χ0n) is 19.4. The first-order chi connectivity index (χ1) is 17.0. The lowest BCUT2D eigenvalue weighted by atomic mass is 10.1. The van der Waals surface area contributed by atoms with Crippen LogP contribution in [0.1, 0.15) is 11.7 Å². The molecule has 4 aromatic rings. The fourth-order valence-corrected chi connectivity index (χ4v) is 5.47. The lowest BCUT2D eigenvalue weighted by molar-refractivity contribution is 0.168. The van der Waals surface area contributed by atoms with Gasteiger partial charge in [-0.15, -0.1) is 10.2 Å². The van der Waals surface area contributed by atoms with Crippen LogP contribution < -0.4 is 4.74 Å². The van der Waals surface area contributed by atoms with E-state index in [1.807, 2.05) is 30.3 Å². The van der Waals surface area contributed by atoms with E-state index in [2.05, 4.69) is 20.3 Å². The lowest BCUT2D eigenvalue weighted by Crippen LogP contribution is -2.48. The van der Waals surface area contributed by atoms with Gasteiger partial charge in [-0.25, -0.2) is 8.42 Å². The highest BCUT2D eigenvalue weighted by Gasteiger charge is 2.29. The Bertz CT molecular complexity index is 1390. The molecule has 0 unspecified atom stereocenters. The number of piperazine rings is 1. The molecule has 1 aliphatic rings. The van der Waals surface area contributed by atoms with Crippen molar-refractivity contribution in [2.45, 2.75) is 18.4 Å². The predicted molar refractivity (Wildman–Crippen MR) is 127 cm³/mol. The van der Waals surface area contributed by atoms with Crippen molar-refractivity contribution >= 4 is 10.0 Å². The molecule has 0 atom stereocenters. The standard InChI is InChI=1S/C24H25N5O5S/c1-17-22(23(27-34-17)18-6-4-3-5-7-18)24-26-25-21(33-24)16-28-12-14-29(15-13-28)35(30,31)20-10-8-19(32-2)9-11-20/h3-11H,12-16H2,1-2H3. The van der Waals surface area contributed by atoms with Gasteiger partial charge in [0, 0.05) is 31.7 Å². The Hall–Kier alpha value is -3.54. The number of hydrogen-bond donors (Lipinski definition) is 0. The summed E-state index contributed by atoms with van der Waals surface area (Å²) in [5, 5.41) is 12.6. The minimum absolute atomic E-state index is 0.256. The molecule has 182 valence electrons. The molecule has 0 N–H and O–H groups in total. The van der Waals surface area contributed by atoms with Gasteiger partial charge < -0.3 is 13.7 Å². The molecule has 2 aromatic heterocycles. The van der Waals surface area contributed by atoms with Gasteiger partial charge in [0.15, 0.2) is 0 Å². The fraction of sp³-hybridized carbons (Fsp3) is 0.292. The van der Waals surface area contributed by atoms with Crippen molar-refractivity contribution in [3.05, 3.63) is 66.2 Å². The molecule has 0 saturated carbocycles. The highest BCUT2D eigenvalue weighted by Crippen LogP contribution is 2.33. The number of ether oxygens (including phenoxy) is 1. The number of aryl methyl sites for hydroxylation is 1. The summed E-state index contributed by atoms with van der Waals surface area (Å²) in [6, 6.07) is 16.1. The Labute approximate surface area is 203 Å². The second kappa shape index (κ2) is 9.61. The van der Waals surface area contributed by atoms with E-state index >= 15 is 0 Å². The summed E-state index contributed by atoms with van der Waals surface area (Å²) in [7, 11) is -2.02. The van der Waals surface area contributed by atoms with Crippen molar-refractivity contribution < 1.29 is 22.1 Å². The van der Waals surface area contributed by atoms with Crippen molar-refractivity contribution in [3.8, 4) is 28.5 Å². The molecule has 1 saturated heterocycles. The van der Waals surface area contributed by atoms with Gasteiger partial charge in [-0.3, -0.25) is 4.90 Å². The number of hydrogen-bond acceptors (Lipinski definition) is 9. The first kappa shape index (κ1) is 23.2.